The first kappa shape index (κ1) is 18.2. The van der Waals surface area contributed by atoms with Gasteiger partial charge in [-0.3, -0.25) is 19.5 Å². The van der Waals surface area contributed by atoms with Gasteiger partial charge in [-0.25, -0.2) is 4.98 Å². The zero-order valence-electron chi connectivity index (χ0n) is 16.7. The van der Waals surface area contributed by atoms with Gasteiger partial charge in [0.05, 0.1) is 11.1 Å². The van der Waals surface area contributed by atoms with E-state index in [0.29, 0.717) is 5.92 Å². The highest BCUT2D eigenvalue weighted by molar-refractivity contribution is 5.74. The molecule has 2 fully saturated rings. The summed E-state index contributed by atoms with van der Waals surface area (Å²) in [6, 6.07) is 0. The van der Waals surface area contributed by atoms with Gasteiger partial charge in [0.15, 0.2) is 5.82 Å². The monoisotopic (exact) mass is 371 g/mol. The summed E-state index contributed by atoms with van der Waals surface area (Å²) in [4.78, 5) is 21.2. The fourth-order valence-electron chi connectivity index (χ4n) is 4.68. The second-order valence-electron chi connectivity index (χ2n) is 8.08. The zero-order valence-corrected chi connectivity index (χ0v) is 16.7. The molecule has 0 aromatic carbocycles. The molecule has 1 N–H and O–H groups in total. The van der Waals surface area contributed by atoms with Gasteiger partial charge in [-0.1, -0.05) is 0 Å². The van der Waals surface area contributed by atoms with Crippen molar-refractivity contribution < 1.29 is 4.79 Å². The van der Waals surface area contributed by atoms with Crippen molar-refractivity contribution in [1.29, 1.82) is 0 Å². The molecule has 2 atom stereocenters. The van der Waals surface area contributed by atoms with Crippen molar-refractivity contribution in [2.45, 2.75) is 52.6 Å². The number of carbonyl (C=O) groups is 1. The third-order valence-corrected chi connectivity index (χ3v) is 6.30. The van der Waals surface area contributed by atoms with Gasteiger partial charge in [0.1, 0.15) is 5.82 Å². The van der Waals surface area contributed by atoms with Gasteiger partial charge in [0, 0.05) is 57.3 Å². The van der Waals surface area contributed by atoms with Crippen LogP contribution < -0.4 is 0 Å². The number of carbonyl (C=O) groups excluding carboxylic acids is 1. The third-order valence-electron chi connectivity index (χ3n) is 6.30. The largest absolute Gasteiger partial charge is 0.342 e. The second-order valence-corrected chi connectivity index (χ2v) is 8.08. The highest BCUT2D eigenvalue weighted by Crippen LogP contribution is 2.44. The van der Waals surface area contributed by atoms with E-state index in [-0.39, 0.29) is 11.3 Å². The molecule has 2 aromatic heterocycles. The van der Waals surface area contributed by atoms with Crippen LogP contribution in [0, 0.1) is 19.8 Å². The summed E-state index contributed by atoms with van der Waals surface area (Å²) < 4.78 is 2.00. The Hall–Kier alpha value is -2.22. The number of amides is 1. The van der Waals surface area contributed by atoms with Crippen LogP contribution in [0.5, 0.6) is 0 Å². The average Bonchev–Trinajstić information content (AvgIpc) is 3.32. The zero-order chi connectivity index (χ0) is 19.2. The van der Waals surface area contributed by atoms with Crippen molar-refractivity contribution >= 4 is 5.91 Å². The molecule has 27 heavy (non-hydrogen) atoms. The van der Waals surface area contributed by atoms with E-state index < -0.39 is 0 Å². The predicted molar refractivity (Wildman–Crippen MR) is 101 cm³/mol. The van der Waals surface area contributed by atoms with Crippen LogP contribution in [0.15, 0.2) is 6.20 Å². The minimum atomic E-state index is -0.129. The minimum Gasteiger partial charge on any atom is -0.342 e. The Bertz CT molecular complexity index is 841. The summed E-state index contributed by atoms with van der Waals surface area (Å²) in [5, 5.41) is 12.1. The molecule has 2 aromatic rings. The molecule has 0 bridgehead atoms. The molecule has 8 heteroatoms. The highest BCUT2D eigenvalue weighted by Gasteiger charge is 2.53. The number of hydrogen-bond donors (Lipinski definition) is 1. The maximum absolute atomic E-state index is 12.1. The average molecular weight is 371 g/mol. The van der Waals surface area contributed by atoms with Gasteiger partial charge in [-0.05, 0) is 33.7 Å². The number of aryl methyl sites for hydroxylation is 3. The Labute approximate surface area is 159 Å². The highest BCUT2D eigenvalue weighted by atomic mass is 16.2. The molecule has 0 saturated carbocycles. The van der Waals surface area contributed by atoms with Gasteiger partial charge < -0.3 is 4.90 Å². The summed E-state index contributed by atoms with van der Waals surface area (Å²) in [6.07, 6.45) is 3.13. The number of rotatable bonds is 4. The SMILES string of the molecule is CCn1cc(CN2CC[C@@]3(c4n[nH]c(C)n4)CN(C(C)=O)C[C@H]3C2)c(C)n1. The molecule has 8 nitrogen and oxygen atoms in total. The van der Waals surface area contributed by atoms with Gasteiger partial charge in [0.2, 0.25) is 5.91 Å². The molecular formula is C19H29N7O. The number of fused-ring (bicyclic) bond motifs is 1. The van der Waals surface area contributed by atoms with Crippen LogP contribution in [-0.2, 0) is 23.3 Å². The van der Waals surface area contributed by atoms with E-state index in [4.69, 9.17) is 0 Å². The molecule has 0 spiro atoms. The van der Waals surface area contributed by atoms with Gasteiger partial charge >= 0.3 is 0 Å². The van der Waals surface area contributed by atoms with Crippen LogP contribution >= 0.6 is 0 Å². The number of nitrogens with zero attached hydrogens (tertiary/aromatic N) is 6. The summed E-state index contributed by atoms with van der Waals surface area (Å²) in [6.45, 7) is 13.0. The van der Waals surface area contributed by atoms with Crippen molar-refractivity contribution in [3.8, 4) is 0 Å². The number of H-pyrrole nitrogens is 1. The second kappa shape index (κ2) is 6.74. The number of nitrogens with one attached hydrogen (secondary N) is 1. The Morgan fingerprint density at radius 1 is 1.37 bits per heavy atom. The van der Waals surface area contributed by atoms with Crippen molar-refractivity contribution in [3.63, 3.8) is 0 Å². The van der Waals surface area contributed by atoms with E-state index in [1.807, 2.05) is 16.5 Å². The Morgan fingerprint density at radius 2 is 2.19 bits per heavy atom. The first-order valence-electron chi connectivity index (χ1n) is 9.81. The molecule has 1 amide bonds. The molecule has 2 aliphatic heterocycles. The standard InChI is InChI=1S/C19H29N7O/c1-5-26-9-16(13(2)23-26)8-24-7-6-19(18-20-14(3)21-22-18)12-25(15(4)27)11-17(19)10-24/h9,17H,5-8,10-12H2,1-4H3,(H,20,21,22)/t17-,19-/m1/s1. The van der Waals surface area contributed by atoms with Crippen LogP contribution in [0.2, 0.25) is 0 Å². The minimum absolute atomic E-state index is 0.129. The third kappa shape index (κ3) is 3.16. The van der Waals surface area contributed by atoms with Gasteiger partial charge in [-0.2, -0.15) is 10.2 Å². The quantitative estimate of drug-likeness (QED) is 0.875. The maximum atomic E-state index is 12.1. The molecule has 146 valence electrons. The number of hydrogen-bond acceptors (Lipinski definition) is 5. The summed E-state index contributed by atoms with van der Waals surface area (Å²) in [5.74, 6) is 2.21. The Morgan fingerprint density at radius 3 is 2.81 bits per heavy atom. The lowest BCUT2D eigenvalue weighted by Crippen LogP contribution is -2.49. The number of aromatic nitrogens is 5. The fraction of sp³-hybridized carbons (Fsp3) is 0.684. The molecular weight excluding hydrogens is 342 g/mol. The predicted octanol–water partition coefficient (Wildman–Crippen LogP) is 1.26. The van der Waals surface area contributed by atoms with E-state index in [2.05, 4.69) is 45.2 Å². The smallest absolute Gasteiger partial charge is 0.219 e. The van der Waals surface area contributed by atoms with Gasteiger partial charge in [0.25, 0.3) is 0 Å². The van der Waals surface area contributed by atoms with Crippen LogP contribution in [-0.4, -0.2) is 66.8 Å². The maximum Gasteiger partial charge on any atom is 0.219 e. The van der Waals surface area contributed by atoms with Crippen molar-refractivity contribution in [3.05, 3.63) is 29.1 Å². The lowest BCUT2D eigenvalue weighted by atomic mass is 9.72. The van der Waals surface area contributed by atoms with Crippen LogP contribution in [0.1, 0.15) is 43.2 Å². The molecule has 0 unspecified atom stereocenters. The summed E-state index contributed by atoms with van der Waals surface area (Å²) in [5.41, 5.74) is 2.27. The van der Waals surface area contributed by atoms with E-state index in [0.717, 1.165) is 63.0 Å². The molecule has 4 heterocycles. The Kier molecular flexibility index (Phi) is 4.53. The van der Waals surface area contributed by atoms with E-state index in [9.17, 15) is 4.79 Å². The van der Waals surface area contributed by atoms with E-state index in [1.165, 1.54) is 5.56 Å². The van der Waals surface area contributed by atoms with E-state index in [1.54, 1.807) is 6.92 Å². The van der Waals surface area contributed by atoms with Crippen LogP contribution in [0.4, 0.5) is 0 Å². The van der Waals surface area contributed by atoms with Crippen molar-refractivity contribution in [2.75, 3.05) is 26.2 Å². The number of piperidine rings is 1. The van der Waals surface area contributed by atoms with E-state index >= 15 is 0 Å². The van der Waals surface area contributed by atoms with Gasteiger partial charge in [-0.15, -0.1) is 0 Å². The first-order chi connectivity index (χ1) is 12.9. The topological polar surface area (TPSA) is 82.9 Å². The molecule has 2 saturated heterocycles. The van der Waals surface area contributed by atoms with Crippen LogP contribution in [0.25, 0.3) is 0 Å². The molecule has 2 aliphatic rings. The van der Waals surface area contributed by atoms with Crippen molar-refractivity contribution in [2.24, 2.45) is 5.92 Å². The molecule has 4 rings (SSSR count). The van der Waals surface area contributed by atoms with Crippen LogP contribution in [0.3, 0.4) is 0 Å². The fourth-order valence-corrected chi connectivity index (χ4v) is 4.68. The van der Waals surface area contributed by atoms with Crippen molar-refractivity contribution in [1.82, 2.24) is 34.8 Å². The summed E-state index contributed by atoms with van der Waals surface area (Å²) in [7, 11) is 0. The summed E-state index contributed by atoms with van der Waals surface area (Å²) >= 11 is 0. The number of likely N-dealkylation sites (tertiary alicyclic amines) is 2. The number of aromatic amines is 1. The lowest BCUT2D eigenvalue weighted by Gasteiger charge is -2.41. The first-order valence-corrected chi connectivity index (χ1v) is 9.81. The molecule has 0 radical (unpaired) electrons. The normalized spacial score (nSPS) is 25.8. The lowest BCUT2D eigenvalue weighted by molar-refractivity contribution is -0.128. The Balaban J connectivity index is 1.56. The molecule has 0 aliphatic carbocycles.